The predicted molar refractivity (Wildman–Crippen MR) is 431 cm³/mol. The molecule has 0 radical (unpaired) electrons. The minimum Gasteiger partial charge on any atom is -0.398 e. The van der Waals surface area contributed by atoms with Crippen LogP contribution >= 0.6 is 15.9 Å². The molecule has 0 aromatic heterocycles. The van der Waals surface area contributed by atoms with Gasteiger partial charge in [-0.15, -0.1) is 0 Å². The van der Waals surface area contributed by atoms with Crippen molar-refractivity contribution in [3.8, 4) is 77.9 Å². The number of anilines is 4. The molecule has 3 heteroatoms. The normalized spacial score (nSPS) is 13.6. The van der Waals surface area contributed by atoms with Gasteiger partial charge in [0.15, 0.2) is 0 Å². The Morgan fingerprint density at radius 1 is 0.240 bits per heavy atom. The molecule has 19 rings (SSSR count). The van der Waals surface area contributed by atoms with Gasteiger partial charge in [-0.25, -0.2) is 0 Å². The Kier molecular flexibility index (Phi) is 15.3. The SMILES string of the molecule is CC1(C)c2ccccc2-c2ccc(Br)cc21.CC1(C)c2ccccc2-c2ccc(N(c3ccc4c(c3)C(C)(C)c3ccccc3-4)c3ccc(-c4cccc5ccccc45)cc3-c3cccc4ccccc34)cc21.Nc1ccc(-c2cccc3ccccc23)cc1-c1cccc2ccccc12. The molecule has 0 saturated carbocycles. The van der Waals surface area contributed by atoms with E-state index in [0.717, 1.165) is 32.8 Å². The molecule has 3 aliphatic rings. The van der Waals surface area contributed by atoms with Gasteiger partial charge in [-0.2, -0.15) is 0 Å². The Morgan fingerprint density at radius 3 is 0.990 bits per heavy atom. The third-order valence-corrected chi connectivity index (χ3v) is 22.3. The predicted octanol–water partition coefficient (Wildman–Crippen LogP) is 27.1. The Morgan fingerprint density at radius 2 is 0.550 bits per heavy atom. The van der Waals surface area contributed by atoms with Crippen molar-refractivity contribution in [2.45, 2.75) is 57.8 Å². The maximum atomic E-state index is 6.40. The van der Waals surface area contributed by atoms with Gasteiger partial charge < -0.3 is 10.6 Å². The zero-order valence-electron chi connectivity index (χ0n) is 57.2. The molecule has 0 atom stereocenters. The van der Waals surface area contributed by atoms with Crippen LogP contribution in [0.2, 0.25) is 0 Å². The average Bonchev–Trinajstić information content (AvgIpc) is 1.54. The quantitative estimate of drug-likeness (QED) is 0.161. The Balaban J connectivity index is 0.000000142. The third-order valence-electron chi connectivity index (χ3n) is 21.8. The largest absolute Gasteiger partial charge is 0.398 e. The van der Waals surface area contributed by atoms with E-state index in [4.69, 9.17) is 5.73 Å². The van der Waals surface area contributed by atoms with Crippen molar-refractivity contribution in [1.29, 1.82) is 0 Å². The summed E-state index contributed by atoms with van der Waals surface area (Å²) in [6, 6.07) is 122. The van der Waals surface area contributed by atoms with Gasteiger partial charge >= 0.3 is 0 Å². The fourth-order valence-corrected chi connectivity index (χ4v) is 17.1. The zero-order valence-corrected chi connectivity index (χ0v) is 58.7. The molecule has 0 amide bonds. The smallest absolute Gasteiger partial charge is 0.0540 e. The molecule has 0 fully saturated rings. The number of nitrogens with zero attached hydrogens (tertiary/aromatic N) is 1. The summed E-state index contributed by atoms with van der Waals surface area (Å²) < 4.78 is 1.16. The molecule has 3 aliphatic carbocycles. The van der Waals surface area contributed by atoms with Crippen LogP contribution in [-0.4, -0.2) is 0 Å². The molecule has 0 heterocycles. The van der Waals surface area contributed by atoms with Gasteiger partial charge in [0, 0.05) is 48.9 Å². The van der Waals surface area contributed by atoms with E-state index < -0.39 is 0 Å². The van der Waals surface area contributed by atoms with Crippen molar-refractivity contribution in [3.63, 3.8) is 0 Å². The van der Waals surface area contributed by atoms with Gasteiger partial charge in [0.1, 0.15) is 0 Å². The molecule has 0 spiro atoms. The molecule has 2 nitrogen and oxygen atoms in total. The first-order chi connectivity index (χ1) is 48.7. The maximum absolute atomic E-state index is 6.40. The first-order valence-corrected chi connectivity index (χ1v) is 35.6. The zero-order chi connectivity index (χ0) is 68.0. The van der Waals surface area contributed by atoms with Crippen LogP contribution in [0.25, 0.3) is 121 Å². The van der Waals surface area contributed by atoms with E-state index in [2.05, 4.69) is 390 Å². The van der Waals surface area contributed by atoms with Crippen LogP contribution < -0.4 is 10.6 Å². The van der Waals surface area contributed by atoms with Crippen molar-refractivity contribution in [3.05, 3.63) is 372 Å². The van der Waals surface area contributed by atoms with Crippen LogP contribution in [-0.2, 0) is 16.2 Å². The van der Waals surface area contributed by atoms with E-state index in [0.29, 0.717) is 0 Å². The summed E-state index contributed by atoms with van der Waals surface area (Å²) >= 11 is 3.56. The van der Waals surface area contributed by atoms with Crippen molar-refractivity contribution >= 4 is 81.8 Å². The summed E-state index contributed by atoms with van der Waals surface area (Å²) in [4.78, 5) is 2.53. The molecule has 2 N–H and O–H groups in total. The molecule has 480 valence electrons. The highest BCUT2D eigenvalue weighted by atomic mass is 79.9. The van der Waals surface area contributed by atoms with Crippen molar-refractivity contribution in [2.24, 2.45) is 0 Å². The first kappa shape index (κ1) is 62.2. The third kappa shape index (κ3) is 10.4. The lowest BCUT2D eigenvalue weighted by atomic mass is 9.82. The summed E-state index contributed by atoms with van der Waals surface area (Å²) in [5, 5.41) is 9.94. The minimum absolute atomic E-state index is 0.121. The number of rotatable bonds is 7. The van der Waals surface area contributed by atoms with E-state index in [-0.39, 0.29) is 16.2 Å². The molecule has 0 saturated heterocycles. The fourth-order valence-electron chi connectivity index (χ4n) is 16.7. The number of hydrogen-bond donors (Lipinski definition) is 1. The van der Waals surface area contributed by atoms with E-state index in [9.17, 15) is 0 Å². The lowest BCUT2D eigenvalue weighted by Gasteiger charge is -2.31. The van der Waals surface area contributed by atoms with Crippen LogP contribution in [0.1, 0.15) is 74.9 Å². The average molecular weight is 1350 g/mol. The van der Waals surface area contributed by atoms with Gasteiger partial charge in [0.05, 0.1) is 5.69 Å². The Bertz CT molecular complexity index is 5820. The highest BCUT2D eigenvalue weighted by Crippen LogP contribution is 2.55. The number of nitrogens with two attached hydrogens (primary N) is 1. The number of hydrogen-bond acceptors (Lipinski definition) is 2. The number of fused-ring (bicyclic) bond motifs is 13. The molecular weight excluding hydrogens is 1270 g/mol. The molecule has 0 aliphatic heterocycles. The lowest BCUT2D eigenvalue weighted by molar-refractivity contribution is 0.660. The van der Waals surface area contributed by atoms with Crippen LogP contribution in [0.4, 0.5) is 22.7 Å². The van der Waals surface area contributed by atoms with Gasteiger partial charge in [-0.1, -0.05) is 330 Å². The van der Waals surface area contributed by atoms with Gasteiger partial charge in [-0.3, -0.25) is 0 Å². The topological polar surface area (TPSA) is 29.3 Å². The molecule has 16 aromatic rings. The first-order valence-electron chi connectivity index (χ1n) is 34.9. The lowest BCUT2D eigenvalue weighted by Crippen LogP contribution is -2.18. The summed E-state index contributed by atoms with van der Waals surface area (Å²) in [6.45, 7) is 14.1. The van der Waals surface area contributed by atoms with Crippen molar-refractivity contribution in [2.75, 3.05) is 10.6 Å². The molecule has 0 unspecified atom stereocenters. The number of halogens is 1. The fraction of sp³-hybridized carbons (Fsp3) is 0.0928. The summed E-state index contributed by atoms with van der Waals surface area (Å²) in [6.07, 6.45) is 0. The van der Waals surface area contributed by atoms with E-state index >= 15 is 0 Å². The van der Waals surface area contributed by atoms with Crippen LogP contribution in [0, 0.1) is 0 Å². The van der Waals surface area contributed by atoms with E-state index in [1.165, 1.54) is 149 Å². The molecule has 16 aromatic carbocycles. The monoisotopic (exact) mass is 1350 g/mol. The second-order valence-corrected chi connectivity index (χ2v) is 29.6. The second kappa shape index (κ2) is 24.6. The van der Waals surface area contributed by atoms with Crippen molar-refractivity contribution in [1.82, 2.24) is 0 Å². The van der Waals surface area contributed by atoms with Crippen LogP contribution in [0.3, 0.4) is 0 Å². The second-order valence-electron chi connectivity index (χ2n) is 28.6. The Labute approximate surface area is 595 Å². The maximum Gasteiger partial charge on any atom is 0.0540 e. The summed E-state index contributed by atoms with van der Waals surface area (Å²) in [5.41, 5.74) is 36.5. The highest BCUT2D eigenvalue weighted by Gasteiger charge is 2.39. The Hall–Kier alpha value is -11.4. The van der Waals surface area contributed by atoms with E-state index in [1.807, 2.05) is 6.07 Å². The number of benzene rings is 16. The van der Waals surface area contributed by atoms with Gasteiger partial charge in [0.2, 0.25) is 0 Å². The van der Waals surface area contributed by atoms with Crippen LogP contribution in [0.5, 0.6) is 0 Å². The molecular formula is C97H75BrN2. The summed E-state index contributed by atoms with van der Waals surface area (Å²) in [5.74, 6) is 0. The molecule has 0 bridgehead atoms. The molecule has 100 heavy (non-hydrogen) atoms. The summed E-state index contributed by atoms with van der Waals surface area (Å²) in [7, 11) is 0. The van der Waals surface area contributed by atoms with Crippen LogP contribution in [0.15, 0.2) is 338 Å². The van der Waals surface area contributed by atoms with Crippen molar-refractivity contribution < 1.29 is 0 Å². The number of nitrogen functional groups attached to an aromatic ring is 1. The highest BCUT2D eigenvalue weighted by molar-refractivity contribution is 9.10. The minimum atomic E-state index is -0.133. The van der Waals surface area contributed by atoms with Gasteiger partial charge in [-0.05, 0) is 204 Å². The van der Waals surface area contributed by atoms with Gasteiger partial charge in [0.25, 0.3) is 0 Å². The standard InChI is InChI=1S/C56H43N.C26H19N.C15H13Br/c1-55(2)50-25-11-9-21-45(50)47-30-28-39(34-52(47)55)57(40-29-31-48-46-22-10-12-26-51(46)56(3,4)53(48)35-40)54-32-27-38(43-23-13-17-36-15-5-7-19-41(36)43)33-49(54)44-24-14-18-37-16-6-8-20-42(37)44;27-26-16-15-20(23-13-5-9-18-7-1-3-11-21(18)23)17-25(26)24-14-6-10-19-8-2-4-12-22(19)24;1-15(2)13-6-4-3-5-11(13)12-8-7-10(16)9-14(12)15/h5-35H,1-4H3;1-17H,27H2;3-9H,1-2H3. The van der Waals surface area contributed by atoms with E-state index in [1.54, 1.807) is 0 Å².